The lowest BCUT2D eigenvalue weighted by atomic mass is 10.1. The van der Waals surface area contributed by atoms with Crippen LogP contribution in [0.1, 0.15) is 32.5 Å². The molecule has 1 aromatic heterocycles. The molecule has 0 bridgehead atoms. The third-order valence-electron chi connectivity index (χ3n) is 3.61. The number of ether oxygens (including phenoxy) is 2. The van der Waals surface area contributed by atoms with Crippen LogP contribution in [0.25, 0.3) is 0 Å². The standard InChI is InChI=1S/C14H23F3N4O2/c1-10(2)22-8-9-23-11-4-6-21(7-5-11)13-18-12(14(15,16)17)19-20(13)3/h10-11H,4-9H2,1-3H3. The minimum atomic E-state index is -4.52. The fourth-order valence-electron chi connectivity index (χ4n) is 2.49. The van der Waals surface area contributed by atoms with E-state index in [1.807, 2.05) is 18.7 Å². The van der Waals surface area contributed by atoms with Crippen molar-refractivity contribution < 1.29 is 22.6 Å². The first kappa shape index (κ1) is 18.0. The number of anilines is 1. The fraction of sp³-hybridized carbons (Fsp3) is 0.857. The van der Waals surface area contributed by atoms with Crippen LogP contribution in [-0.2, 0) is 22.7 Å². The van der Waals surface area contributed by atoms with Crippen LogP contribution in [0.4, 0.5) is 19.1 Å². The van der Waals surface area contributed by atoms with Crippen LogP contribution < -0.4 is 4.90 Å². The molecule has 0 radical (unpaired) electrons. The molecular weight excluding hydrogens is 313 g/mol. The molecule has 0 atom stereocenters. The van der Waals surface area contributed by atoms with E-state index in [2.05, 4.69) is 10.1 Å². The van der Waals surface area contributed by atoms with Gasteiger partial charge in [-0.15, -0.1) is 5.10 Å². The Morgan fingerprint density at radius 3 is 2.39 bits per heavy atom. The number of nitrogens with zero attached hydrogens (tertiary/aromatic N) is 4. The number of aromatic nitrogens is 3. The average Bonchev–Trinajstić information content (AvgIpc) is 2.86. The molecule has 0 saturated carbocycles. The summed E-state index contributed by atoms with van der Waals surface area (Å²) in [6.07, 6.45) is -2.74. The van der Waals surface area contributed by atoms with Gasteiger partial charge in [0.05, 0.1) is 25.4 Å². The molecule has 1 aliphatic rings. The highest BCUT2D eigenvalue weighted by atomic mass is 19.4. The number of hydrogen-bond acceptors (Lipinski definition) is 5. The van der Waals surface area contributed by atoms with Gasteiger partial charge in [-0.3, -0.25) is 0 Å². The van der Waals surface area contributed by atoms with Gasteiger partial charge < -0.3 is 14.4 Å². The van der Waals surface area contributed by atoms with E-state index in [0.717, 1.165) is 12.8 Å². The number of rotatable bonds is 6. The molecule has 9 heteroatoms. The van der Waals surface area contributed by atoms with Crippen LogP contribution in [0.2, 0.25) is 0 Å². The van der Waals surface area contributed by atoms with Gasteiger partial charge in [0.1, 0.15) is 0 Å². The number of alkyl halides is 3. The van der Waals surface area contributed by atoms with E-state index in [4.69, 9.17) is 9.47 Å². The largest absolute Gasteiger partial charge is 0.453 e. The van der Waals surface area contributed by atoms with Gasteiger partial charge in [0, 0.05) is 20.1 Å². The van der Waals surface area contributed by atoms with Gasteiger partial charge in [0.2, 0.25) is 5.95 Å². The summed E-state index contributed by atoms with van der Waals surface area (Å²) < 4.78 is 50.3. The van der Waals surface area contributed by atoms with Crippen molar-refractivity contribution in [3.05, 3.63) is 5.82 Å². The van der Waals surface area contributed by atoms with Gasteiger partial charge in [-0.1, -0.05) is 0 Å². The molecular formula is C14H23F3N4O2. The lowest BCUT2D eigenvalue weighted by molar-refractivity contribution is -0.144. The molecule has 6 nitrogen and oxygen atoms in total. The van der Waals surface area contributed by atoms with E-state index in [-0.39, 0.29) is 18.2 Å². The third kappa shape index (κ3) is 5.07. The maximum absolute atomic E-state index is 12.7. The van der Waals surface area contributed by atoms with Crippen molar-refractivity contribution in [1.29, 1.82) is 0 Å². The smallest absolute Gasteiger partial charge is 0.376 e. The maximum Gasteiger partial charge on any atom is 0.453 e. The minimum Gasteiger partial charge on any atom is -0.376 e. The number of aryl methyl sites for hydroxylation is 1. The second kappa shape index (κ2) is 7.48. The normalized spacial score (nSPS) is 17.3. The highest BCUT2D eigenvalue weighted by Crippen LogP contribution is 2.28. The van der Waals surface area contributed by atoms with E-state index in [1.54, 1.807) is 0 Å². The third-order valence-corrected chi connectivity index (χ3v) is 3.61. The van der Waals surface area contributed by atoms with E-state index < -0.39 is 12.0 Å². The number of piperidine rings is 1. The van der Waals surface area contributed by atoms with Crippen molar-refractivity contribution >= 4 is 5.95 Å². The van der Waals surface area contributed by atoms with Crippen LogP contribution >= 0.6 is 0 Å². The number of hydrogen-bond donors (Lipinski definition) is 0. The van der Waals surface area contributed by atoms with Gasteiger partial charge in [-0.2, -0.15) is 18.2 Å². The summed E-state index contributed by atoms with van der Waals surface area (Å²) in [7, 11) is 1.48. The molecule has 2 heterocycles. The molecule has 1 aromatic rings. The first-order chi connectivity index (χ1) is 10.8. The van der Waals surface area contributed by atoms with Gasteiger partial charge >= 0.3 is 6.18 Å². The zero-order valence-electron chi connectivity index (χ0n) is 13.6. The Hall–Kier alpha value is -1.35. The van der Waals surface area contributed by atoms with Crippen molar-refractivity contribution in [2.45, 2.75) is 45.1 Å². The van der Waals surface area contributed by atoms with Crippen LogP contribution in [0, 0.1) is 0 Å². The molecule has 0 N–H and O–H groups in total. The second-order valence-corrected chi connectivity index (χ2v) is 5.83. The Labute approximate surface area is 133 Å². The second-order valence-electron chi connectivity index (χ2n) is 5.83. The Balaban J connectivity index is 1.81. The lowest BCUT2D eigenvalue weighted by Gasteiger charge is -2.32. The van der Waals surface area contributed by atoms with Crippen LogP contribution in [0.15, 0.2) is 0 Å². The summed E-state index contributed by atoms with van der Waals surface area (Å²) in [5.41, 5.74) is 0. The lowest BCUT2D eigenvalue weighted by Crippen LogP contribution is -2.38. The SMILES string of the molecule is CC(C)OCCOC1CCN(c2nc(C(F)(F)F)nn2C)CC1. The summed E-state index contributed by atoms with van der Waals surface area (Å²) >= 11 is 0. The molecule has 1 saturated heterocycles. The Morgan fingerprint density at radius 1 is 1.22 bits per heavy atom. The quantitative estimate of drug-likeness (QED) is 0.746. The first-order valence-corrected chi connectivity index (χ1v) is 7.73. The molecule has 0 aromatic carbocycles. The van der Waals surface area contributed by atoms with Crippen molar-refractivity contribution in [2.75, 3.05) is 31.2 Å². The van der Waals surface area contributed by atoms with Crippen molar-refractivity contribution in [2.24, 2.45) is 7.05 Å². The van der Waals surface area contributed by atoms with Crippen LogP contribution in [0.3, 0.4) is 0 Å². The zero-order chi connectivity index (χ0) is 17.0. The van der Waals surface area contributed by atoms with E-state index in [0.29, 0.717) is 26.3 Å². The molecule has 0 spiro atoms. The highest BCUT2D eigenvalue weighted by molar-refractivity contribution is 5.31. The van der Waals surface area contributed by atoms with Crippen molar-refractivity contribution in [3.8, 4) is 0 Å². The topological polar surface area (TPSA) is 52.4 Å². The molecule has 132 valence electrons. The zero-order valence-corrected chi connectivity index (χ0v) is 13.6. The highest BCUT2D eigenvalue weighted by Gasteiger charge is 2.37. The predicted molar refractivity (Wildman–Crippen MR) is 78.3 cm³/mol. The summed E-state index contributed by atoms with van der Waals surface area (Å²) in [6, 6.07) is 0. The summed E-state index contributed by atoms with van der Waals surface area (Å²) in [5.74, 6) is -0.849. The van der Waals surface area contributed by atoms with Gasteiger partial charge in [0.15, 0.2) is 0 Å². The summed E-state index contributed by atoms with van der Waals surface area (Å²) in [6.45, 7) is 6.21. The van der Waals surface area contributed by atoms with Crippen molar-refractivity contribution in [1.82, 2.24) is 14.8 Å². The van der Waals surface area contributed by atoms with Crippen molar-refractivity contribution in [3.63, 3.8) is 0 Å². The summed E-state index contributed by atoms with van der Waals surface area (Å²) in [5, 5.41) is 3.44. The monoisotopic (exact) mass is 336 g/mol. The van der Waals surface area contributed by atoms with Gasteiger partial charge in [0.25, 0.3) is 5.82 Å². The molecule has 2 rings (SSSR count). The van der Waals surface area contributed by atoms with E-state index in [1.165, 1.54) is 11.7 Å². The Kier molecular flexibility index (Phi) is 5.85. The molecule has 0 amide bonds. The van der Waals surface area contributed by atoms with Gasteiger partial charge in [-0.05, 0) is 26.7 Å². The molecule has 1 fully saturated rings. The Morgan fingerprint density at radius 2 is 1.87 bits per heavy atom. The van der Waals surface area contributed by atoms with E-state index >= 15 is 0 Å². The Bertz CT molecular complexity index is 497. The molecule has 0 unspecified atom stereocenters. The molecule has 0 aliphatic carbocycles. The predicted octanol–water partition coefficient (Wildman–Crippen LogP) is 2.24. The first-order valence-electron chi connectivity index (χ1n) is 7.73. The minimum absolute atomic E-state index is 0.109. The fourth-order valence-corrected chi connectivity index (χ4v) is 2.49. The maximum atomic E-state index is 12.7. The average molecular weight is 336 g/mol. The van der Waals surface area contributed by atoms with Gasteiger partial charge in [-0.25, -0.2) is 4.68 Å². The van der Waals surface area contributed by atoms with E-state index in [9.17, 15) is 13.2 Å². The van der Waals surface area contributed by atoms with Crippen LogP contribution in [-0.4, -0.2) is 53.3 Å². The number of halogens is 3. The van der Waals surface area contributed by atoms with Crippen LogP contribution in [0.5, 0.6) is 0 Å². The summed E-state index contributed by atoms with van der Waals surface area (Å²) in [4.78, 5) is 5.43. The molecule has 23 heavy (non-hydrogen) atoms. The molecule has 1 aliphatic heterocycles.